The minimum Gasteiger partial charge on any atom is -0.369 e. The quantitative estimate of drug-likeness (QED) is 0.352. The van der Waals surface area contributed by atoms with Crippen molar-refractivity contribution in [3.05, 3.63) is 59.8 Å². The molecule has 0 spiro atoms. The minimum absolute atomic E-state index is 0.0137. The molecule has 0 saturated carbocycles. The van der Waals surface area contributed by atoms with Gasteiger partial charge in [-0.25, -0.2) is 0 Å². The summed E-state index contributed by atoms with van der Waals surface area (Å²) in [5.41, 5.74) is 9.49. The van der Waals surface area contributed by atoms with Crippen LogP contribution < -0.4 is 11.1 Å². The Morgan fingerprint density at radius 2 is 1.63 bits per heavy atom. The second kappa shape index (κ2) is 8.43. The molecule has 1 fully saturated rings. The number of fused-ring (bicyclic) bond motifs is 10. The molecule has 8 nitrogen and oxygen atoms in total. The van der Waals surface area contributed by atoms with Crippen molar-refractivity contribution in [1.82, 2.24) is 19.4 Å². The molecule has 0 bridgehead atoms. The lowest BCUT2D eigenvalue weighted by Crippen LogP contribution is -2.39. The zero-order valence-corrected chi connectivity index (χ0v) is 21.3. The Morgan fingerprint density at radius 1 is 0.921 bits per heavy atom. The number of nitrogens with zero attached hydrogens (tertiary/aromatic N) is 3. The maximum Gasteiger partial charge on any atom is 0.259 e. The number of hydrogen-bond donors (Lipinski definition) is 2. The lowest BCUT2D eigenvalue weighted by molar-refractivity contribution is -0.123. The Hall–Kier alpha value is -4.17. The molecule has 0 radical (unpaired) electrons. The van der Waals surface area contributed by atoms with Crippen LogP contribution in [0, 0.1) is 5.92 Å². The van der Waals surface area contributed by atoms with Crippen LogP contribution in [0.4, 0.5) is 0 Å². The fourth-order valence-electron chi connectivity index (χ4n) is 6.73. The number of nitrogens with two attached hydrogens (primary N) is 1. The molecular formula is C30H29N5O3. The van der Waals surface area contributed by atoms with Crippen molar-refractivity contribution in [2.75, 3.05) is 19.6 Å². The molecular weight excluding hydrogens is 478 g/mol. The summed E-state index contributed by atoms with van der Waals surface area (Å²) in [6.07, 6.45) is 4.55. The zero-order valence-electron chi connectivity index (χ0n) is 21.3. The fraction of sp³-hybridized carbons (Fsp3) is 0.300. The topological polar surface area (TPSA) is 102 Å². The van der Waals surface area contributed by atoms with Crippen molar-refractivity contribution in [1.29, 1.82) is 0 Å². The van der Waals surface area contributed by atoms with Crippen molar-refractivity contribution in [3.8, 4) is 0 Å². The number of benzene rings is 3. The molecule has 1 saturated heterocycles. The summed E-state index contributed by atoms with van der Waals surface area (Å²) in [7, 11) is 1.98. The highest BCUT2D eigenvalue weighted by molar-refractivity contribution is 6.39. The van der Waals surface area contributed by atoms with Crippen LogP contribution in [-0.4, -0.2) is 51.4 Å². The molecule has 3 N–H and O–H groups in total. The molecule has 0 aliphatic carbocycles. The number of carbonyl (C=O) groups excluding carboxylic acids is 3. The van der Waals surface area contributed by atoms with Crippen LogP contribution >= 0.6 is 0 Å². The van der Waals surface area contributed by atoms with Gasteiger partial charge in [-0.1, -0.05) is 30.3 Å². The Balaban J connectivity index is 1.41. The number of imide groups is 1. The predicted octanol–water partition coefficient (Wildman–Crippen LogP) is 3.91. The van der Waals surface area contributed by atoms with E-state index in [1.165, 1.54) is 0 Å². The Morgan fingerprint density at radius 3 is 2.37 bits per heavy atom. The molecule has 3 aromatic carbocycles. The molecule has 0 unspecified atom stereocenters. The first-order valence-corrected chi connectivity index (χ1v) is 13.3. The number of amides is 3. The van der Waals surface area contributed by atoms with E-state index in [2.05, 4.69) is 33.0 Å². The third kappa shape index (κ3) is 3.23. The summed E-state index contributed by atoms with van der Waals surface area (Å²) in [6, 6.07) is 14.4. The van der Waals surface area contributed by atoms with Gasteiger partial charge in [-0.2, -0.15) is 0 Å². The van der Waals surface area contributed by atoms with Gasteiger partial charge in [-0.05, 0) is 51.0 Å². The summed E-state index contributed by atoms with van der Waals surface area (Å²) >= 11 is 0. The summed E-state index contributed by atoms with van der Waals surface area (Å²) in [6.45, 7) is 3.45. The van der Waals surface area contributed by atoms with Crippen LogP contribution in [0.25, 0.3) is 43.5 Å². The molecule has 2 aliphatic heterocycles. The van der Waals surface area contributed by atoms with Gasteiger partial charge in [-0.3, -0.25) is 19.7 Å². The zero-order chi connectivity index (χ0) is 26.1. The monoisotopic (exact) mass is 507 g/mol. The summed E-state index contributed by atoms with van der Waals surface area (Å²) < 4.78 is 4.36. The maximum atomic E-state index is 13.3. The number of para-hydroxylation sites is 1. The van der Waals surface area contributed by atoms with Crippen molar-refractivity contribution in [3.63, 3.8) is 0 Å². The number of hydrogen-bond acceptors (Lipinski definition) is 4. The highest BCUT2D eigenvalue weighted by atomic mass is 16.2. The van der Waals surface area contributed by atoms with Crippen LogP contribution in [0.5, 0.6) is 0 Å². The van der Waals surface area contributed by atoms with E-state index in [9.17, 15) is 14.4 Å². The lowest BCUT2D eigenvalue weighted by atomic mass is 9.93. The van der Waals surface area contributed by atoms with Gasteiger partial charge in [0.2, 0.25) is 5.91 Å². The number of primary amides is 1. The summed E-state index contributed by atoms with van der Waals surface area (Å²) in [5.74, 6) is -0.866. The highest BCUT2D eigenvalue weighted by Gasteiger charge is 2.35. The smallest absolute Gasteiger partial charge is 0.259 e. The van der Waals surface area contributed by atoms with Gasteiger partial charge in [0.15, 0.2) is 0 Å². The van der Waals surface area contributed by atoms with Crippen LogP contribution in [0.1, 0.15) is 40.0 Å². The molecule has 2 aliphatic rings. The first kappa shape index (κ1) is 23.0. The third-order valence-corrected chi connectivity index (χ3v) is 8.54. The number of aryl methyl sites for hydroxylation is 2. The van der Waals surface area contributed by atoms with Crippen molar-refractivity contribution in [2.24, 2.45) is 18.7 Å². The van der Waals surface area contributed by atoms with Gasteiger partial charge in [-0.15, -0.1) is 0 Å². The van der Waals surface area contributed by atoms with Gasteiger partial charge in [0, 0.05) is 58.2 Å². The van der Waals surface area contributed by atoms with Crippen molar-refractivity contribution >= 4 is 61.2 Å². The van der Waals surface area contributed by atoms with Gasteiger partial charge in [0.05, 0.1) is 22.2 Å². The summed E-state index contributed by atoms with van der Waals surface area (Å²) in [5, 5.41) is 7.27. The number of piperidine rings is 1. The number of likely N-dealkylation sites (tertiary alicyclic amines) is 1. The molecule has 3 amide bonds. The first-order chi connectivity index (χ1) is 18.4. The van der Waals surface area contributed by atoms with E-state index < -0.39 is 0 Å². The van der Waals surface area contributed by atoms with E-state index in [1.54, 1.807) is 0 Å². The normalized spacial score (nSPS) is 16.8. The van der Waals surface area contributed by atoms with E-state index in [0.717, 1.165) is 88.9 Å². The molecule has 192 valence electrons. The van der Waals surface area contributed by atoms with Crippen LogP contribution in [0.2, 0.25) is 0 Å². The van der Waals surface area contributed by atoms with E-state index in [4.69, 9.17) is 5.73 Å². The molecule has 38 heavy (non-hydrogen) atoms. The Bertz CT molecular complexity index is 1820. The second-order valence-electron chi connectivity index (χ2n) is 10.7. The van der Waals surface area contributed by atoms with Gasteiger partial charge >= 0.3 is 0 Å². The fourth-order valence-corrected chi connectivity index (χ4v) is 6.73. The minimum atomic E-state index is -0.332. The van der Waals surface area contributed by atoms with Crippen LogP contribution in [-0.2, 0) is 18.4 Å². The highest BCUT2D eigenvalue weighted by Crippen LogP contribution is 2.43. The van der Waals surface area contributed by atoms with Crippen molar-refractivity contribution in [2.45, 2.75) is 25.8 Å². The molecule has 5 aromatic rings. The summed E-state index contributed by atoms with van der Waals surface area (Å²) in [4.78, 5) is 40.4. The largest absolute Gasteiger partial charge is 0.369 e. The van der Waals surface area contributed by atoms with Gasteiger partial charge in [0.25, 0.3) is 11.8 Å². The van der Waals surface area contributed by atoms with Gasteiger partial charge in [0.1, 0.15) is 0 Å². The van der Waals surface area contributed by atoms with E-state index >= 15 is 0 Å². The molecule has 8 heteroatoms. The van der Waals surface area contributed by atoms with E-state index in [-0.39, 0.29) is 23.6 Å². The van der Waals surface area contributed by atoms with Crippen molar-refractivity contribution < 1.29 is 14.4 Å². The van der Waals surface area contributed by atoms with E-state index in [1.807, 2.05) is 42.1 Å². The average Bonchev–Trinajstić information content (AvgIpc) is 3.55. The first-order valence-electron chi connectivity index (χ1n) is 13.3. The van der Waals surface area contributed by atoms with Crippen LogP contribution in [0.3, 0.4) is 0 Å². The number of aromatic nitrogens is 2. The Labute approximate surface area is 218 Å². The lowest BCUT2D eigenvalue weighted by Gasteiger charge is -2.30. The van der Waals surface area contributed by atoms with Crippen LogP contribution in [0.15, 0.2) is 48.7 Å². The SMILES string of the molecule is Cn1ccc2ccc3c(c4c(c5c6ccccc6n(CCCN6CCC(C(N)=O)CC6)c35)C(=O)NC4=O)c21. The Kier molecular flexibility index (Phi) is 5.10. The second-order valence-corrected chi connectivity index (χ2v) is 10.7. The number of carbonyl (C=O) groups is 3. The molecule has 4 heterocycles. The number of rotatable bonds is 5. The third-order valence-electron chi connectivity index (χ3n) is 8.54. The maximum absolute atomic E-state index is 13.3. The van der Waals surface area contributed by atoms with Gasteiger partial charge < -0.3 is 19.8 Å². The molecule has 2 aromatic heterocycles. The molecule has 0 atom stereocenters. The average molecular weight is 508 g/mol. The molecule has 7 rings (SSSR count). The number of nitrogens with one attached hydrogen (secondary N) is 1. The van der Waals surface area contributed by atoms with E-state index in [0.29, 0.717) is 11.1 Å². The predicted molar refractivity (Wildman–Crippen MR) is 148 cm³/mol. The standard InChI is InChI=1S/C30H29N5O3/c1-33-14-9-17-7-8-20-23(26(17)33)25-24(29(37)32-30(25)38)22-19-5-2-3-6-21(19)35(27(20)22)13-4-12-34-15-10-18(11-16-34)28(31)36/h2-3,5-9,14,18H,4,10-13,15-16H2,1H3,(H2,31,36)(H,32,37,38).